The number of aromatic nitrogens is 4. The van der Waals surface area contributed by atoms with Gasteiger partial charge in [-0.15, -0.1) is 0 Å². The van der Waals surface area contributed by atoms with Crippen LogP contribution in [0.5, 0.6) is 0 Å². The van der Waals surface area contributed by atoms with Crippen molar-refractivity contribution in [2.24, 2.45) is 0 Å². The van der Waals surface area contributed by atoms with Gasteiger partial charge in [0.1, 0.15) is 0 Å². The maximum atomic E-state index is 4.64. The zero-order chi connectivity index (χ0) is 16.2. The predicted octanol–water partition coefficient (Wildman–Crippen LogP) is 3.84. The van der Waals surface area contributed by atoms with Crippen LogP contribution in [0.3, 0.4) is 0 Å². The molecule has 0 saturated carbocycles. The highest BCUT2D eigenvalue weighted by Crippen LogP contribution is 2.11. The van der Waals surface area contributed by atoms with Crippen molar-refractivity contribution in [3.8, 4) is 11.4 Å². The highest BCUT2D eigenvalue weighted by atomic mass is 15.3. The van der Waals surface area contributed by atoms with Gasteiger partial charge in [0.15, 0.2) is 0 Å². The van der Waals surface area contributed by atoms with Gasteiger partial charge in [-0.2, -0.15) is 10.2 Å². The van der Waals surface area contributed by atoms with E-state index in [9.17, 15) is 0 Å². The van der Waals surface area contributed by atoms with E-state index in [2.05, 4.69) is 46.6 Å². The standard InChI is InChI=1S/C20H18N4/c1-3-7-19(8-4-1)23-15-13-17(21-23)11-12-18-14-16-24(22-18)20-9-5-2-6-10-20/h1-10,13-16H,11-12H2. The summed E-state index contributed by atoms with van der Waals surface area (Å²) in [6.45, 7) is 0. The molecule has 0 amide bonds. The van der Waals surface area contributed by atoms with E-state index < -0.39 is 0 Å². The Morgan fingerprint density at radius 3 is 1.38 bits per heavy atom. The fourth-order valence-corrected chi connectivity index (χ4v) is 2.70. The van der Waals surface area contributed by atoms with Crippen molar-refractivity contribution in [1.82, 2.24) is 19.6 Å². The summed E-state index contributed by atoms with van der Waals surface area (Å²) in [5.74, 6) is 0. The zero-order valence-corrected chi connectivity index (χ0v) is 13.3. The molecule has 4 aromatic rings. The Bertz CT molecular complexity index is 829. The summed E-state index contributed by atoms with van der Waals surface area (Å²) in [5.41, 5.74) is 4.32. The van der Waals surface area contributed by atoms with Crippen LogP contribution in [0.4, 0.5) is 0 Å². The van der Waals surface area contributed by atoms with E-state index in [1.165, 1.54) is 0 Å². The van der Waals surface area contributed by atoms with Crippen LogP contribution in [-0.4, -0.2) is 19.6 Å². The monoisotopic (exact) mass is 314 g/mol. The molecule has 0 spiro atoms. The van der Waals surface area contributed by atoms with Crippen molar-refractivity contribution in [2.75, 3.05) is 0 Å². The summed E-state index contributed by atoms with van der Waals surface area (Å²) in [6.07, 6.45) is 5.78. The first-order valence-corrected chi connectivity index (χ1v) is 8.08. The average Bonchev–Trinajstić information content (AvgIpc) is 3.31. The number of hydrogen-bond acceptors (Lipinski definition) is 2. The number of benzene rings is 2. The van der Waals surface area contributed by atoms with Gasteiger partial charge in [0.05, 0.1) is 22.8 Å². The second-order valence-electron chi connectivity index (χ2n) is 5.67. The van der Waals surface area contributed by atoms with Crippen molar-refractivity contribution in [3.63, 3.8) is 0 Å². The zero-order valence-electron chi connectivity index (χ0n) is 13.3. The molecule has 118 valence electrons. The van der Waals surface area contributed by atoms with E-state index in [4.69, 9.17) is 0 Å². The summed E-state index contributed by atoms with van der Waals surface area (Å²) in [4.78, 5) is 0. The van der Waals surface area contributed by atoms with Gasteiger partial charge in [-0.25, -0.2) is 9.36 Å². The third-order valence-corrected chi connectivity index (χ3v) is 3.97. The fraction of sp³-hybridized carbons (Fsp3) is 0.100. The highest BCUT2D eigenvalue weighted by molar-refractivity contribution is 5.31. The Balaban J connectivity index is 1.43. The smallest absolute Gasteiger partial charge is 0.0645 e. The molecule has 0 aliphatic rings. The number of para-hydroxylation sites is 2. The molecule has 24 heavy (non-hydrogen) atoms. The van der Waals surface area contributed by atoms with Crippen LogP contribution in [0.2, 0.25) is 0 Å². The largest absolute Gasteiger partial charge is 0.241 e. The van der Waals surface area contributed by atoms with Crippen LogP contribution < -0.4 is 0 Å². The second-order valence-corrected chi connectivity index (χ2v) is 5.67. The van der Waals surface area contributed by atoms with Crippen molar-refractivity contribution in [3.05, 3.63) is 96.6 Å². The topological polar surface area (TPSA) is 35.6 Å². The normalized spacial score (nSPS) is 10.8. The molecule has 2 heterocycles. The van der Waals surface area contributed by atoms with E-state index in [0.29, 0.717) is 0 Å². The van der Waals surface area contributed by atoms with E-state index >= 15 is 0 Å². The molecular formula is C20H18N4. The first kappa shape index (κ1) is 14.5. The minimum Gasteiger partial charge on any atom is -0.241 e. The van der Waals surface area contributed by atoms with Crippen molar-refractivity contribution in [1.29, 1.82) is 0 Å². The molecule has 0 bridgehead atoms. The number of nitrogens with zero attached hydrogens (tertiary/aromatic N) is 4. The minimum absolute atomic E-state index is 0.881. The highest BCUT2D eigenvalue weighted by Gasteiger charge is 2.05. The lowest BCUT2D eigenvalue weighted by Gasteiger charge is -2.00. The lowest BCUT2D eigenvalue weighted by Crippen LogP contribution is -1.99. The summed E-state index contributed by atoms with van der Waals surface area (Å²) in [5, 5.41) is 9.29. The summed E-state index contributed by atoms with van der Waals surface area (Å²) >= 11 is 0. The van der Waals surface area contributed by atoms with Gasteiger partial charge in [0, 0.05) is 12.4 Å². The minimum atomic E-state index is 0.881. The third-order valence-electron chi connectivity index (χ3n) is 3.97. The maximum absolute atomic E-state index is 4.64. The van der Waals surface area contributed by atoms with Gasteiger partial charge in [-0.1, -0.05) is 36.4 Å². The molecular weight excluding hydrogens is 296 g/mol. The first-order chi connectivity index (χ1) is 11.9. The number of hydrogen-bond donors (Lipinski definition) is 0. The van der Waals surface area contributed by atoms with Gasteiger partial charge >= 0.3 is 0 Å². The fourth-order valence-electron chi connectivity index (χ4n) is 2.70. The van der Waals surface area contributed by atoms with Crippen LogP contribution >= 0.6 is 0 Å². The predicted molar refractivity (Wildman–Crippen MR) is 94.5 cm³/mol. The molecule has 4 nitrogen and oxygen atoms in total. The first-order valence-electron chi connectivity index (χ1n) is 8.08. The molecule has 0 fully saturated rings. The maximum Gasteiger partial charge on any atom is 0.0645 e. The van der Waals surface area contributed by atoms with E-state index in [1.54, 1.807) is 0 Å². The van der Waals surface area contributed by atoms with E-state index in [1.807, 2.05) is 58.2 Å². The average molecular weight is 314 g/mol. The molecule has 0 aliphatic heterocycles. The summed E-state index contributed by atoms with van der Waals surface area (Å²) in [7, 11) is 0. The Hall–Kier alpha value is -3.14. The Morgan fingerprint density at radius 2 is 0.958 bits per heavy atom. The Labute approximate surface area is 141 Å². The molecule has 0 atom stereocenters. The van der Waals surface area contributed by atoms with Gasteiger partial charge in [0.2, 0.25) is 0 Å². The molecule has 0 saturated heterocycles. The SMILES string of the molecule is c1ccc(-n2ccc(CCc3ccn(-c4ccccc4)n3)n2)cc1. The molecule has 0 N–H and O–H groups in total. The van der Waals surface area contributed by atoms with Gasteiger partial charge < -0.3 is 0 Å². The lowest BCUT2D eigenvalue weighted by molar-refractivity contribution is 0.785. The molecule has 4 heteroatoms. The van der Waals surface area contributed by atoms with Crippen LogP contribution in [0.25, 0.3) is 11.4 Å². The third kappa shape index (κ3) is 3.13. The molecule has 2 aromatic carbocycles. The Kier molecular flexibility index (Phi) is 3.94. The number of aryl methyl sites for hydroxylation is 2. The van der Waals surface area contributed by atoms with Gasteiger partial charge in [-0.3, -0.25) is 0 Å². The molecule has 4 rings (SSSR count). The van der Waals surface area contributed by atoms with Crippen LogP contribution in [0.15, 0.2) is 85.2 Å². The summed E-state index contributed by atoms with van der Waals surface area (Å²) in [6, 6.07) is 24.5. The molecule has 0 radical (unpaired) electrons. The lowest BCUT2D eigenvalue weighted by atomic mass is 10.2. The molecule has 0 unspecified atom stereocenters. The molecule has 2 aromatic heterocycles. The van der Waals surface area contributed by atoms with Crippen molar-refractivity contribution < 1.29 is 0 Å². The van der Waals surface area contributed by atoms with E-state index in [-0.39, 0.29) is 0 Å². The molecule has 0 aliphatic carbocycles. The van der Waals surface area contributed by atoms with Crippen molar-refractivity contribution >= 4 is 0 Å². The van der Waals surface area contributed by atoms with E-state index in [0.717, 1.165) is 35.6 Å². The van der Waals surface area contributed by atoms with Gasteiger partial charge in [0.25, 0.3) is 0 Å². The quantitative estimate of drug-likeness (QED) is 0.561. The van der Waals surface area contributed by atoms with Crippen LogP contribution in [0.1, 0.15) is 11.4 Å². The van der Waals surface area contributed by atoms with Crippen LogP contribution in [-0.2, 0) is 12.8 Å². The Morgan fingerprint density at radius 1 is 0.542 bits per heavy atom. The van der Waals surface area contributed by atoms with Gasteiger partial charge in [-0.05, 0) is 49.2 Å². The van der Waals surface area contributed by atoms with Crippen LogP contribution in [0, 0.1) is 0 Å². The van der Waals surface area contributed by atoms with Crippen molar-refractivity contribution in [2.45, 2.75) is 12.8 Å². The second kappa shape index (κ2) is 6.54. The summed E-state index contributed by atoms with van der Waals surface area (Å²) < 4.78 is 3.83. The number of rotatable bonds is 5.